The number of ether oxygens (including phenoxy) is 1. The third-order valence-corrected chi connectivity index (χ3v) is 2.81. The van der Waals surface area contributed by atoms with Crippen LogP contribution in [0.3, 0.4) is 0 Å². The summed E-state index contributed by atoms with van der Waals surface area (Å²) in [6, 6.07) is 0. The van der Waals surface area contributed by atoms with E-state index in [4.69, 9.17) is 4.74 Å². The second-order valence-corrected chi connectivity index (χ2v) is 4.25. The summed E-state index contributed by atoms with van der Waals surface area (Å²) < 4.78 is 5.20. The van der Waals surface area contributed by atoms with Crippen LogP contribution in [0.25, 0.3) is 0 Å². The lowest BCUT2D eigenvalue weighted by Gasteiger charge is -2.01. The minimum Gasteiger partial charge on any atom is -0.373 e. The third kappa shape index (κ3) is 3.00. The quantitative estimate of drug-likeness (QED) is 0.605. The summed E-state index contributed by atoms with van der Waals surface area (Å²) in [5, 5.41) is 0. The Bertz CT molecular complexity index is 223. The van der Waals surface area contributed by atoms with E-state index in [2.05, 4.69) is 25.2 Å². The molecule has 1 heteroatoms. The minimum absolute atomic E-state index is 0.579. The molecule has 72 valence electrons. The van der Waals surface area contributed by atoms with Crippen molar-refractivity contribution in [1.29, 1.82) is 0 Å². The van der Waals surface area contributed by atoms with E-state index < -0.39 is 0 Å². The van der Waals surface area contributed by atoms with E-state index in [0.717, 1.165) is 12.5 Å². The molecule has 0 aromatic carbocycles. The Balaban J connectivity index is 1.81. The first-order chi connectivity index (χ1) is 6.34. The Morgan fingerprint density at radius 1 is 1.46 bits per heavy atom. The molecule has 1 heterocycles. The largest absolute Gasteiger partial charge is 0.373 e. The number of rotatable bonds is 3. The van der Waals surface area contributed by atoms with Gasteiger partial charge in [0, 0.05) is 0 Å². The van der Waals surface area contributed by atoms with Crippen LogP contribution in [0.5, 0.6) is 0 Å². The highest BCUT2D eigenvalue weighted by Gasteiger charge is 2.21. The topological polar surface area (TPSA) is 12.5 Å². The highest BCUT2D eigenvalue weighted by molar-refractivity contribution is 5.20. The molecule has 2 atom stereocenters. The summed E-state index contributed by atoms with van der Waals surface area (Å²) >= 11 is 0. The monoisotopic (exact) mass is 178 g/mol. The van der Waals surface area contributed by atoms with Gasteiger partial charge < -0.3 is 4.74 Å². The number of allylic oxidation sites excluding steroid dienone is 4. The molecule has 0 spiro atoms. The van der Waals surface area contributed by atoms with Gasteiger partial charge in [0.15, 0.2) is 0 Å². The molecule has 0 bridgehead atoms. The highest BCUT2D eigenvalue weighted by Crippen LogP contribution is 2.23. The Hall–Kier alpha value is -0.560. The first-order valence-electron chi connectivity index (χ1n) is 5.32. The van der Waals surface area contributed by atoms with Gasteiger partial charge in [-0.25, -0.2) is 0 Å². The van der Waals surface area contributed by atoms with Gasteiger partial charge in [-0.05, 0) is 31.6 Å². The van der Waals surface area contributed by atoms with E-state index in [9.17, 15) is 0 Å². The van der Waals surface area contributed by atoms with Gasteiger partial charge in [-0.3, -0.25) is 0 Å². The van der Waals surface area contributed by atoms with Crippen LogP contribution >= 0.6 is 0 Å². The summed E-state index contributed by atoms with van der Waals surface area (Å²) in [5.41, 5.74) is 1.51. The molecule has 2 unspecified atom stereocenters. The van der Waals surface area contributed by atoms with Crippen LogP contribution in [0.15, 0.2) is 23.8 Å². The molecule has 1 nitrogen and oxygen atoms in total. The molecule has 1 aliphatic carbocycles. The molecule has 13 heavy (non-hydrogen) atoms. The average Bonchev–Trinajstić information content (AvgIpc) is 2.90. The third-order valence-electron chi connectivity index (χ3n) is 2.81. The van der Waals surface area contributed by atoms with Crippen molar-refractivity contribution in [2.75, 3.05) is 6.61 Å². The molecule has 2 aliphatic rings. The molecule has 0 N–H and O–H groups in total. The zero-order valence-electron chi connectivity index (χ0n) is 8.33. The lowest BCUT2D eigenvalue weighted by Crippen LogP contribution is -1.88. The summed E-state index contributed by atoms with van der Waals surface area (Å²) in [6.45, 7) is 3.31. The fraction of sp³-hybridized carbons (Fsp3) is 0.667. The van der Waals surface area contributed by atoms with Gasteiger partial charge in [0.1, 0.15) is 0 Å². The van der Waals surface area contributed by atoms with Gasteiger partial charge in [-0.2, -0.15) is 0 Å². The minimum atomic E-state index is 0.579. The fourth-order valence-electron chi connectivity index (χ4n) is 1.72. The van der Waals surface area contributed by atoms with Gasteiger partial charge in [0.25, 0.3) is 0 Å². The molecule has 2 rings (SSSR count). The van der Waals surface area contributed by atoms with Gasteiger partial charge in [0.05, 0.1) is 12.7 Å². The van der Waals surface area contributed by atoms with Gasteiger partial charge in [0.2, 0.25) is 0 Å². The van der Waals surface area contributed by atoms with E-state index in [1.54, 1.807) is 0 Å². The second-order valence-electron chi connectivity index (χ2n) is 4.25. The molecule has 1 fully saturated rings. The predicted octanol–water partition coefficient (Wildman–Crippen LogP) is 3.08. The van der Waals surface area contributed by atoms with Crippen molar-refractivity contribution in [3.05, 3.63) is 23.8 Å². The van der Waals surface area contributed by atoms with Crippen LogP contribution in [0.2, 0.25) is 0 Å². The SMILES string of the molecule is CC1CC=CC(CCC2CO2)=CC1. The zero-order chi connectivity index (χ0) is 9.10. The number of hydrogen-bond acceptors (Lipinski definition) is 1. The van der Waals surface area contributed by atoms with Crippen molar-refractivity contribution in [2.24, 2.45) is 5.92 Å². The summed E-state index contributed by atoms with van der Waals surface area (Å²) in [4.78, 5) is 0. The van der Waals surface area contributed by atoms with E-state index >= 15 is 0 Å². The lowest BCUT2D eigenvalue weighted by atomic mass is 10.0. The molecular formula is C12H18O. The summed E-state index contributed by atoms with van der Waals surface area (Å²) in [5.74, 6) is 0.825. The molecular weight excluding hydrogens is 160 g/mol. The average molecular weight is 178 g/mol. The summed E-state index contributed by atoms with van der Waals surface area (Å²) in [7, 11) is 0. The van der Waals surface area contributed by atoms with Crippen LogP contribution in [-0.4, -0.2) is 12.7 Å². The first kappa shape index (κ1) is 9.01. The van der Waals surface area contributed by atoms with E-state index in [-0.39, 0.29) is 0 Å². The van der Waals surface area contributed by atoms with Gasteiger partial charge in [-0.15, -0.1) is 0 Å². The highest BCUT2D eigenvalue weighted by atomic mass is 16.6. The van der Waals surface area contributed by atoms with Crippen LogP contribution in [0.4, 0.5) is 0 Å². The molecule has 0 aromatic heterocycles. The van der Waals surface area contributed by atoms with Crippen molar-refractivity contribution in [2.45, 2.75) is 38.7 Å². The molecule has 1 aliphatic heterocycles. The maximum Gasteiger partial charge on any atom is 0.0813 e. The van der Waals surface area contributed by atoms with E-state index in [0.29, 0.717) is 6.10 Å². The van der Waals surface area contributed by atoms with Crippen molar-refractivity contribution in [3.63, 3.8) is 0 Å². The lowest BCUT2D eigenvalue weighted by molar-refractivity contribution is 0.397. The Labute approximate surface area is 80.5 Å². The molecule has 0 amide bonds. The normalized spacial score (nSPS) is 32.5. The Kier molecular flexibility index (Phi) is 2.84. The Morgan fingerprint density at radius 2 is 2.31 bits per heavy atom. The zero-order valence-corrected chi connectivity index (χ0v) is 8.33. The van der Waals surface area contributed by atoms with Crippen LogP contribution in [0, 0.1) is 5.92 Å². The van der Waals surface area contributed by atoms with Gasteiger partial charge in [-0.1, -0.05) is 30.7 Å². The second kappa shape index (κ2) is 4.10. The number of hydrogen-bond donors (Lipinski definition) is 0. The fourth-order valence-corrected chi connectivity index (χ4v) is 1.72. The van der Waals surface area contributed by atoms with Crippen molar-refractivity contribution >= 4 is 0 Å². The maximum atomic E-state index is 5.20. The van der Waals surface area contributed by atoms with Crippen LogP contribution < -0.4 is 0 Å². The standard InChI is InChI=1S/C12H18O/c1-10-3-2-4-11(6-5-10)7-8-12-9-13-12/h2,4,6,10,12H,3,5,7-9H2,1H3. The first-order valence-corrected chi connectivity index (χ1v) is 5.32. The Morgan fingerprint density at radius 3 is 3.08 bits per heavy atom. The van der Waals surface area contributed by atoms with Crippen molar-refractivity contribution in [3.8, 4) is 0 Å². The predicted molar refractivity (Wildman–Crippen MR) is 54.6 cm³/mol. The van der Waals surface area contributed by atoms with E-state index in [1.165, 1.54) is 31.3 Å². The van der Waals surface area contributed by atoms with Crippen molar-refractivity contribution < 1.29 is 4.74 Å². The van der Waals surface area contributed by atoms with Crippen LogP contribution in [-0.2, 0) is 4.74 Å². The smallest absolute Gasteiger partial charge is 0.0813 e. The van der Waals surface area contributed by atoms with Crippen molar-refractivity contribution in [1.82, 2.24) is 0 Å². The molecule has 0 radical (unpaired) electrons. The molecule has 0 saturated carbocycles. The number of epoxide rings is 1. The summed E-state index contributed by atoms with van der Waals surface area (Å²) in [6.07, 6.45) is 12.5. The molecule has 1 saturated heterocycles. The molecule has 0 aromatic rings. The van der Waals surface area contributed by atoms with Crippen LogP contribution in [0.1, 0.15) is 32.6 Å². The maximum absolute atomic E-state index is 5.20. The van der Waals surface area contributed by atoms with Gasteiger partial charge >= 0.3 is 0 Å². The van der Waals surface area contributed by atoms with E-state index in [1.807, 2.05) is 0 Å².